The van der Waals surface area contributed by atoms with Gasteiger partial charge in [0, 0.05) is 51.2 Å². The molecule has 110 valence electrons. The molecular formula is C15H23N3O2. The lowest BCUT2D eigenvalue weighted by molar-refractivity contribution is 0.0818. The molecule has 2 fully saturated rings. The van der Waals surface area contributed by atoms with Gasteiger partial charge in [0.1, 0.15) is 5.82 Å². The van der Waals surface area contributed by atoms with Crippen molar-refractivity contribution >= 4 is 11.5 Å². The van der Waals surface area contributed by atoms with Crippen molar-refractivity contribution in [2.24, 2.45) is 0 Å². The summed E-state index contributed by atoms with van der Waals surface area (Å²) in [6.45, 7) is 5.62. The Hall–Kier alpha value is -1.33. The second-order valence-electron chi connectivity index (χ2n) is 5.39. The third kappa shape index (κ3) is 3.04. The predicted molar refractivity (Wildman–Crippen MR) is 79.5 cm³/mol. The zero-order valence-corrected chi connectivity index (χ0v) is 12.1. The first-order valence-corrected chi connectivity index (χ1v) is 7.43. The Labute approximate surface area is 120 Å². The van der Waals surface area contributed by atoms with Crippen LogP contribution in [-0.2, 0) is 9.47 Å². The van der Waals surface area contributed by atoms with E-state index in [0.717, 1.165) is 58.1 Å². The first-order chi connectivity index (χ1) is 9.86. The van der Waals surface area contributed by atoms with Crippen LogP contribution >= 0.6 is 0 Å². The molecule has 0 radical (unpaired) electrons. The number of morpholine rings is 1. The number of methoxy groups -OCH3 is 1. The molecule has 0 N–H and O–H groups in total. The minimum absolute atomic E-state index is 0.411. The Morgan fingerprint density at radius 1 is 1.15 bits per heavy atom. The van der Waals surface area contributed by atoms with E-state index in [4.69, 9.17) is 9.47 Å². The van der Waals surface area contributed by atoms with E-state index >= 15 is 0 Å². The predicted octanol–water partition coefficient (Wildman–Crippen LogP) is 1.53. The SMILES string of the molecule is COC1CCN(c2cc(N3CCOCC3)ccn2)CC1. The highest BCUT2D eigenvalue weighted by Crippen LogP contribution is 2.24. The van der Waals surface area contributed by atoms with E-state index in [2.05, 4.69) is 26.9 Å². The van der Waals surface area contributed by atoms with Crippen LogP contribution in [0.4, 0.5) is 11.5 Å². The number of nitrogens with zero attached hydrogens (tertiary/aromatic N) is 3. The van der Waals surface area contributed by atoms with Gasteiger partial charge in [-0.1, -0.05) is 0 Å². The van der Waals surface area contributed by atoms with E-state index in [9.17, 15) is 0 Å². The monoisotopic (exact) mass is 277 g/mol. The van der Waals surface area contributed by atoms with Crippen molar-refractivity contribution in [3.05, 3.63) is 18.3 Å². The Bertz CT molecular complexity index is 427. The maximum Gasteiger partial charge on any atom is 0.130 e. The molecule has 5 heteroatoms. The van der Waals surface area contributed by atoms with Gasteiger partial charge in [-0.3, -0.25) is 0 Å². The molecule has 0 aliphatic carbocycles. The van der Waals surface area contributed by atoms with Gasteiger partial charge in [-0.15, -0.1) is 0 Å². The quantitative estimate of drug-likeness (QED) is 0.838. The van der Waals surface area contributed by atoms with Crippen LogP contribution in [0.3, 0.4) is 0 Å². The van der Waals surface area contributed by atoms with Crippen LogP contribution in [0.2, 0.25) is 0 Å². The molecule has 1 aromatic heterocycles. The lowest BCUT2D eigenvalue weighted by Gasteiger charge is -2.33. The fraction of sp³-hybridized carbons (Fsp3) is 0.667. The van der Waals surface area contributed by atoms with Crippen molar-refractivity contribution in [1.82, 2.24) is 4.98 Å². The summed E-state index contributed by atoms with van der Waals surface area (Å²) in [5, 5.41) is 0. The minimum Gasteiger partial charge on any atom is -0.381 e. The minimum atomic E-state index is 0.411. The molecule has 0 unspecified atom stereocenters. The molecule has 1 aromatic rings. The summed E-state index contributed by atoms with van der Waals surface area (Å²) in [4.78, 5) is 9.27. The van der Waals surface area contributed by atoms with E-state index in [1.807, 2.05) is 6.20 Å². The molecule has 0 bridgehead atoms. The summed E-state index contributed by atoms with van der Waals surface area (Å²) in [5.74, 6) is 1.09. The summed E-state index contributed by atoms with van der Waals surface area (Å²) < 4.78 is 10.8. The number of anilines is 2. The van der Waals surface area contributed by atoms with Crippen LogP contribution in [0, 0.1) is 0 Å². The van der Waals surface area contributed by atoms with Gasteiger partial charge < -0.3 is 19.3 Å². The molecule has 2 aliphatic rings. The first kappa shape index (κ1) is 13.6. The largest absolute Gasteiger partial charge is 0.381 e. The molecule has 3 rings (SSSR count). The Morgan fingerprint density at radius 3 is 2.60 bits per heavy atom. The second kappa shape index (κ2) is 6.41. The second-order valence-corrected chi connectivity index (χ2v) is 5.39. The highest BCUT2D eigenvalue weighted by molar-refractivity contribution is 5.55. The van der Waals surface area contributed by atoms with Crippen molar-refractivity contribution in [2.45, 2.75) is 18.9 Å². The number of pyridine rings is 1. The van der Waals surface area contributed by atoms with Crippen LogP contribution in [0.25, 0.3) is 0 Å². The van der Waals surface area contributed by atoms with Crippen LogP contribution < -0.4 is 9.80 Å². The number of hydrogen-bond acceptors (Lipinski definition) is 5. The van der Waals surface area contributed by atoms with E-state index < -0.39 is 0 Å². The van der Waals surface area contributed by atoms with Gasteiger partial charge in [0.15, 0.2) is 0 Å². The highest BCUT2D eigenvalue weighted by atomic mass is 16.5. The zero-order chi connectivity index (χ0) is 13.8. The molecule has 0 spiro atoms. The maximum absolute atomic E-state index is 5.43. The van der Waals surface area contributed by atoms with Crippen LogP contribution in [0.1, 0.15) is 12.8 Å². The number of ether oxygens (including phenoxy) is 2. The normalized spacial score (nSPS) is 21.2. The molecule has 2 saturated heterocycles. The average molecular weight is 277 g/mol. The highest BCUT2D eigenvalue weighted by Gasteiger charge is 2.20. The number of aromatic nitrogens is 1. The van der Waals surface area contributed by atoms with Crippen molar-refractivity contribution in [2.75, 3.05) is 56.3 Å². The Kier molecular flexibility index (Phi) is 4.38. The summed E-state index contributed by atoms with van der Waals surface area (Å²) in [7, 11) is 1.80. The number of piperidine rings is 1. The molecule has 20 heavy (non-hydrogen) atoms. The number of hydrogen-bond donors (Lipinski definition) is 0. The molecule has 0 amide bonds. The zero-order valence-electron chi connectivity index (χ0n) is 12.1. The van der Waals surface area contributed by atoms with Crippen LogP contribution in [0.5, 0.6) is 0 Å². The Balaban J connectivity index is 1.68. The van der Waals surface area contributed by atoms with Crippen LogP contribution in [0.15, 0.2) is 18.3 Å². The summed E-state index contributed by atoms with van der Waals surface area (Å²) in [6.07, 6.45) is 4.50. The van der Waals surface area contributed by atoms with Crippen molar-refractivity contribution in [3.63, 3.8) is 0 Å². The van der Waals surface area contributed by atoms with Crippen molar-refractivity contribution in [3.8, 4) is 0 Å². The third-order valence-electron chi connectivity index (χ3n) is 4.20. The van der Waals surface area contributed by atoms with E-state index in [0.29, 0.717) is 6.10 Å². The lowest BCUT2D eigenvalue weighted by Crippen LogP contribution is -2.38. The summed E-state index contributed by atoms with van der Waals surface area (Å²) in [5.41, 5.74) is 1.26. The van der Waals surface area contributed by atoms with E-state index in [1.165, 1.54) is 5.69 Å². The van der Waals surface area contributed by atoms with Crippen molar-refractivity contribution < 1.29 is 9.47 Å². The number of rotatable bonds is 3. The molecular weight excluding hydrogens is 254 g/mol. The average Bonchev–Trinajstić information content (AvgIpc) is 2.56. The smallest absolute Gasteiger partial charge is 0.130 e. The molecule has 5 nitrogen and oxygen atoms in total. The van der Waals surface area contributed by atoms with Gasteiger partial charge in [0.05, 0.1) is 19.3 Å². The molecule has 2 aliphatic heterocycles. The summed E-state index contributed by atoms with van der Waals surface area (Å²) in [6, 6.07) is 4.30. The van der Waals surface area contributed by atoms with Gasteiger partial charge in [0.25, 0.3) is 0 Å². The first-order valence-electron chi connectivity index (χ1n) is 7.43. The van der Waals surface area contributed by atoms with Gasteiger partial charge in [0.2, 0.25) is 0 Å². The Morgan fingerprint density at radius 2 is 1.90 bits per heavy atom. The molecule has 3 heterocycles. The van der Waals surface area contributed by atoms with Crippen LogP contribution in [-0.4, -0.2) is 57.6 Å². The lowest BCUT2D eigenvalue weighted by atomic mass is 10.1. The summed E-state index contributed by atoms with van der Waals surface area (Å²) >= 11 is 0. The maximum atomic E-state index is 5.43. The topological polar surface area (TPSA) is 37.8 Å². The van der Waals surface area contributed by atoms with Gasteiger partial charge in [-0.05, 0) is 18.9 Å². The fourth-order valence-electron chi connectivity index (χ4n) is 2.92. The third-order valence-corrected chi connectivity index (χ3v) is 4.20. The molecule has 0 aromatic carbocycles. The fourth-order valence-corrected chi connectivity index (χ4v) is 2.92. The molecule has 0 atom stereocenters. The van der Waals surface area contributed by atoms with Gasteiger partial charge in [-0.2, -0.15) is 0 Å². The van der Waals surface area contributed by atoms with Gasteiger partial charge >= 0.3 is 0 Å². The standard InChI is InChI=1S/C15H23N3O2/c1-19-14-3-6-18(7-4-14)15-12-13(2-5-16-15)17-8-10-20-11-9-17/h2,5,12,14H,3-4,6-11H2,1H3. The molecule has 0 saturated carbocycles. The van der Waals surface area contributed by atoms with Crippen molar-refractivity contribution in [1.29, 1.82) is 0 Å². The van der Waals surface area contributed by atoms with E-state index in [-0.39, 0.29) is 0 Å². The van der Waals surface area contributed by atoms with E-state index in [1.54, 1.807) is 7.11 Å². The van der Waals surface area contributed by atoms with Gasteiger partial charge in [-0.25, -0.2) is 4.98 Å².